The summed E-state index contributed by atoms with van der Waals surface area (Å²) in [5, 5.41) is 0. The summed E-state index contributed by atoms with van der Waals surface area (Å²) in [7, 11) is 0. The first kappa shape index (κ1) is 11.7. The van der Waals surface area contributed by atoms with E-state index in [0.29, 0.717) is 6.61 Å². The molecule has 1 aromatic heterocycles. The van der Waals surface area contributed by atoms with Crippen LogP contribution in [0, 0.1) is 13.8 Å². The summed E-state index contributed by atoms with van der Waals surface area (Å²) >= 11 is 0. The predicted octanol–water partition coefficient (Wildman–Crippen LogP) is 3.17. The highest BCUT2D eigenvalue weighted by Gasteiger charge is 2.05. The van der Waals surface area contributed by atoms with Crippen LogP contribution in [-0.2, 0) is 13.0 Å². The van der Waals surface area contributed by atoms with E-state index in [-0.39, 0.29) is 0 Å². The van der Waals surface area contributed by atoms with Crippen molar-refractivity contribution in [2.24, 2.45) is 0 Å². The molecule has 0 saturated heterocycles. The molecule has 1 N–H and O–H groups in total. The molecule has 0 atom stereocenters. The van der Waals surface area contributed by atoms with Crippen LogP contribution < -0.4 is 4.74 Å². The molecule has 3 nitrogen and oxygen atoms in total. The molecule has 0 radical (unpaired) electrons. The Morgan fingerprint density at radius 3 is 2.53 bits per heavy atom. The molecule has 90 valence electrons. The van der Waals surface area contributed by atoms with Crippen molar-refractivity contribution < 1.29 is 4.74 Å². The van der Waals surface area contributed by atoms with Crippen molar-refractivity contribution >= 4 is 0 Å². The van der Waals surface area contributed by atoms with Gasteiger partial charge in [-0.15, -0.1) is 0 Å². The number of hydrogen-bond donors (Lipinski definition) is 1. The Kier molecular flexibility index (Phi) is 3.47. The van der Waals surface area contributed by atoms with Gasteiger partial charge in [-0.2, -0.15) is 0 Å². The van der Waals surface area contributed by atoms with Gasteiger partial charge in [-0.25, -0.2) is 4.98 Å². The molecule has 0 fully saturated rings. The molecule has 2 rings (SSSR count). The number of H-pyrrole nitrogens is 1. The SMILES string of the molecule is CCc1ncc(COc2c(C)cccc2C)[nH]1. The zero-order valence-electron chi connectivity index (χ0n) is 10.6. The van der Waals surface area contributed by atoms with Gasteiger partial charge in [0.05, 0.1) is 11.9 Å². The molecule has 3 heteroatoms. The number of benzene rings is 1. The summed E-state index contributed by atoms with van der Waals surface area (Å²) in [5.41, 5.74) is 3.35. The molecule has 0 unspecified atom stereocenters. The van der Waals surface area contributed by atoms with Crippen LogP contribution in [-0.4, -0.2) is 9.97 Å². The zero-order chi connectivity index (χ0) is 12.3. The van der Waals surface area contributed by atoms with Crippen LogP contribution in [0.3, 0.4) is 0 Å². The summed E-state index contributed by atoms with van der Waals surface area (Å²) in [6.45, 7) is 6.74. The summed E-state index contributed by atoms with van der Waals surface area (Å²) < 4.78 is 5.84. The molecule has 0 bridgehead atoms. The van der Waals surface area contributed by atoms with Gasteiger partial charge in [0.2, 0.25) is 0 Å². The minimum absolute atomic E-state index is 0.540. The lowest BCUT2D eigenvalue weighted by Gasteiger charge is -2.10. The molecule has 0 spiro atoms. The highest BCUT2D eigenvalue weighted by atomic mass is 16.5. The van der Waals surface area contributed by atoms with Crippen LogP contribution in [0.5, 0.6) is 5.75 Å². The van der Waals surface area contributed by atoms with Gasteiger partial charge in [-0.1, -0.05) is 25.1 Å². The fourth-order valence-corrected chi connectivity index (χ4v) is 1.84. The van der Waals surface area contributed by atoms with Crippen LogP contribution in [0.1, 0.15) is 29.6 Å². The third-order valence-corrected chi connectivity index (χ3v) is 2.80. The van der Waals surface area contributed by atoms with Crippen molar-refractivity contribution in [1.82, 2.24) is 9.97 Å². The maximum atomic E-state index is 5.84. The Labute approximate surface area is 102 Å². The third-order valence-electron chi connectivity index (χ3n) is 2.80. The number of ether oxygens (including phenoxy) is 1. The Morgan fingerprint density at radius 1 is 1.24 bits per heavy atom. The van der Waals surface area contributed by atoms with E-state index in [4.69, 9.17) is 4.74 Å². The van der Waals surface area contributed by atoms with Crippen LogP contribution in [0.25, 0.3) is 0 Å². The highest BCUT2D eigenvalue weighted by Crippen LogP contribution is 2.23. The van der Waals surface area contributed by atoms with Crippen LogP contribution >= 0.6 is 0 Å². The maximum absolute atomic E-state index is 5.84. The number of para-hydroxylation sites is 1. The van der Waals surface area contributed by atoms with Crippen molar-refractivity contribution in [3.63, 3.8) is 0 Å². The second-order valence-corrected chi connectivity index (χ2v) is 4.22. The van der Waals surface area contributed by atoms with Gasteiger partial charge in [0.25, 0.3) is 0 Å². The number of nitrogens with one attached hydrogen (secondary N) is 1. The van der Waals surface area contributed by atoms with Gasteiger partial charge in [-0.3, -0.25) is 0 Å². The van der Waals surface area contributed by atoms with E-state index in [0.717, 1.165) is 23.7 Å². The fourth-order valence-electron chi connectivity index (χ4n) is 1.84. The molecule has 1 aromatic carbocycles. The Bertz CT molecular complexity index is 482. The maximum Gasteiger partial charge on any atom is 0.130 e. The number of nitrogens with zero attached hydrogens (tertiary/aromatic N) is 1. The number of aromatic nitrogens is 2. The molecular formula is C14H18N2O. The van der Waals surface area contributed by atoms with Gasteiger partial charge in [0, 0.05) is 6.42 Å². The number of imidazole rings is 1. The van der Waals surface area contributed by atoms with E-state index in [1.807, 2.05) is 12.3 Å². The second-order valence-electron chi connectivity index (χ2n) is 4.22. The van der Waals surface area contributed by atoms with E-state index < -0.39 is 0 Å². The first-order valence-electron chi connectivity index (χ1n) is 5.92. The largest absolute Gasteiger partial charge is 0.487 e. The highest BCUT2D eigenvalue weighted by molar-refractivity contribution is 5.39. The minimum Gasteiger partial charge on any atom is -0.487 e. The van der Waals surface area contributed by atoms with Crippen molar-refractivity contribution in [1.29, 1.82) is 0 Å². The van der Waals surface area contributed by atoms with Crippen LogP contribution in [0.15, 0.2) is 24.4 Å². The third kappa shape index (κ3) is 2.67. The fraction of sp³-hybridized carbons (Fsp3) is 0.357. The Hall–Kier alpha value is -1.77. The van der Waals surface area contributed by atoms with E-state index in [1.54, 1.807) is 0 Å². The van der Waals surface area contributed by atoms with Gasteiger partial charge in [-0.05, 0) is 25.0 Å². The van der Waals surface area contributed by atoms with E-state index >= 15 is 0 Å². The second kappa shape index (κ2) is 5.04. The molecule has 1 heterocycles. The summed E-state index contributed by atoms with van der Waals surface area (Å²) in [5.74, 6) is 1.98. The van der Waals surface area contributed by atoms with E-state index in [2.05, 4.69) is 42.9 Å². The lowest BCUT2D eigenvalue weighted by atomic mass is 10.1. The minimum atomic E-state index is 0.540. The number of hydrogen-bond acceptors (Lipinski definition) is 2. The molecule has 0 saturated carbocycles. The number of rotatable bonds is 4. The quantitative estimate of drug-likeness (QED) is 0.876. The molecule has 0 aliphatic heterocycles. The smallest absolute Gasteiger partial charge is 0.130 e. The van der Waals surface area contributed by atoms with Crippen molar-refractivity contribution in [2.45, 2.75) is 33.8 Å². The van der Waals surface area contributed by atoms with Crippen LogP contribution in [0.2, 0.25) is 0 Å². The molecular weight excluding hydrogens is 212 g/mol. The lowest BCUT2D eigenvalue weighted by Crippen LogP contribution is -1.99. The van der Waals surface area contributed by atoms with Gasteiger partial charge >= 0.3 is 0 Å². The average Bonchev–Trinajstić information content (AvgIpc) is 2.76. The van der Waals surface area contributed by atoms with Gasteiger partial charge in [0.1, 0.15) is 18.2 Å². The van der Waals surface area contributed by atoms with Crippen LogP contribution in [0.4, 0.5) is 0 Å². The first-order chi connectivity index (χ1) is 8.20. The normalized spacial score (nSPS) is 10.5. The van der Waals surface area contributed by atoms with Crippen molar-refractivity contribution in [3.05, 3.63) is 47.0 Å². The van der Waals surface area contributed by atoms with Gasteiger partial charge < -0.3 is 9.72 Å². The van der Waals surface area contributed by atoms with Gasteiger partial charge in [0.15, 0.2) is 0 Å². The molecule has 2 aromatic rings. The molecule has 17 heavy (non-hydrogen) atoms. The van der Waals surface area contributed by atoms with Crippen molar-refractivity contribution in [2.75, 3.05) is 0 Å². The van der Waals surface area contributed by atoms with E-state index in [9.17, 15) is 0 Å². The Morgan fingerprint density at radius 2 is 1.94 bits per heavy atom. The van der Waals surface area contributed by atoms with Crippen molar-refractivity contribution in [3.8, 4) is 5.75 Å². The standard InChI is InChI=1S/C14H18N2O/c1-4-13-15-8-12(16-13)9-17-14-10(2)6-5-7-11(14)3/h5-8H,4,9H2,1-3H3,(H,15,16). The molecule has 0 aliphatic carbocycles. The summed E-state index contributed by atoms with van der Waals surface area (Å²) in [4.78, 5) is 7.49. The predicted molar refractivity (Wildman–Crippen MR) is 68.2 cm³/mol. The lowest BCUT2D eigenvalue weighted by molar-refractivity contribution is 0.297. The molecule has 0 aliphatic rings. The summed E-state index contributed by atoms with van der Waals surface area (Å²) in [6, 6.07) is 6.17. The van der Waals surface area contributed by atoms with E-state index in [1.165, 1.54) is 11.1 Å². The molecule has 0 amide bonds. The number of aromatic amines is 1. The Balaban J connectivity index is 2.07. The summed E-state index contributed by atoms with van der Waals surface area (Å²) in [6.07, 6.45) is 2.76. The number of aryl methyl sites for hydroxylation is 3. The average molecular weight is 230 g/mol. The zero-order valence-corrected chi connectivity index (χ0v) is 10.6. The monoisotopic (exact) mass is 230 g/mol. The topological polar surface area (TPSA) is 37.9 Å². The first-order valence-corrected chi connectivity index (χ1v) is 5.92.